The Labute approximate surface area is 372 Å². The minimum atomic E-state index is -5.63. The van der Waals surface area contributed by atoms with Gasteiger partial charge in [0.15, 0.2) is 6.10 Å². The third-order valence-corrected chi connectivity index (χ3v) is 10.2. The normalized spacial score (nSPS) is 20.8. The van der Waals surface area contributed by atoms with Gasteiger partial charge in [-0.1, -0.05) is 84.0 Å². The van der Waals surface area contributed by atoms with Gasteiger partial charge in [-0.25, -0.2) is 18.5 Å². The zero-order chi connectivity index (χ0) is 45.0. The quantitative estimate of drug-likeness (QED) is 0.0181. The van der Waals surface area contributed by atoms with E-state index in [1.54, 1.807) is 0 Å². The third-order valence-electron chi connectivity index (χ3n) is 8.14. The molecule has 0 amide bonds. The predicted molar refractivity (Wildman–Crippen MR) is 240 cm³/mol. The largest absolute Gasteiger partial charge is 0.472 e. The summed E-state index contributed by atoms with van der Waals surface area (Å²) in [7, 11) is -16.7. The third kappa shape index (κ3) is 27.9. The average molecular weight is 944 g/mol. The summed E-state index contributed by atoms with van der Waals surface area (Å²) in [5.74, 6) is 22.8. The number of terminal acetylenes is 1. The van der Waals surface area contributed by atoms with Crippen molar-refractivity contribution in [3.05, 3.63) is 0 Å². The van der Waals surface area contributed by atoms with E-state index >= 15 is 0 Å². The summed E-state index contributed by atoms with van der Waals surface area (Å²) >= 11 is 0. The van der Waals surface area contributed by atoms with Crippen molar-refractivity contribution in [3.63, 3.8) is 0 Å². The van der Waals surface area contributed by atoms with Crippen molar-refractivity contribution in [1.29, 1.82) is 0 Å². The highest BCUT2D eigenvalue weighted by atomic mass is 31.2. The fraction of sp³-hybridized carbons (Fsp3) is 0.632. The Hall–Kier alpha value is -3.53. The summed E-state index contributed by atoms with van der Waals surface area (Å²) in [4.78, 5) is 72.2. The molecular formula is C38H76NO19P3. The average Bonchev–Trinajstić information content (AvgIpc) is 3.16. The molecule has 0 aromatic rings. The lowest BCUT2D eigenvalue weighted by molar-refractivity contribution is -0.213. The van der Waals surface area contributed by atoms with Crippen LogP contribution in [-0.4, -0.2) is 108 Å². The van der Waals surface area contributed by atoms with Crippen molar-refractivity contribution in [3.8, 4) is 71.5 Å². The summed E-state index contributed by atoms with van der Waals surface area (Å²) in [6.07, 6.45) is 1.93. The fourth-order valence-corrected chi connectivity index (χ4v) is 7.50. The van der Waals surface area contributed by atoms with Crippen LogP contribution in [-0.2, 0) is 50.9 Å². The second kappa shape index (κ2) is 31.3. The Morgan fingerprint density at radius 2 is 1.03 bits per heavy atom. The van der Waals surface area contributed by atoms with E-state index in [4.69, 9.17) is 24.9 Å². The smallest absolute Gasteiger partial charge is 0.456 e. The van der Waals surface area contributed by atoms with Crippen LogP contribution in [0.4, 0.5) is 0 Å². The van der Waals surface area contributed by atoms with Crippen LogP contribution in [0.5, 0.6) is 0 Å². The highest BCUT2D eigenvalue weighted by Gasteiger charge is 2.56. The first-order chi connectivity index (χ1) is 28.3. The monoisotopic (exact) mass is 943 g/mol. The van der Waals surface area contributed by atoms with Gasteiger partial charge >= 0.3 is 35.4 Å². The molecule has 4 unspecified atom stereocenters. The lowest BCUT2D eigenvalue weighted by Gasteiger charge is -2.44. The summed E-state index contributed by atoms with van der Waals surface area (Å²) < 4.78 is 64.4. The summed E-state index contributed by atoms with van der Waals surface area (Å²) in [5.41, 5.74) is 0. The van der Waals surface area contributed by atoms with Crippen molar-refractivity contribution < 1.29 is 106 Å². The van der Waals surface area contributed by atoms with E-state index in [0.29, 0.717) is 12.8 Å². The molecule has 0 heterocycles. The number of carbonyl (C=O) groups is 2. The van der Waals surface area contributed by atoms with E-state index in [9.17, 15) is 63.1 Å². The Kier molecular flexibility index (Phi) is 29.5. The maximum atomic E-state index is 13.0. The summed E-state index contributed by atoms with van der Waals surface area (Å²) in [5, 5.41) is 31.6. The van der Waals surface area contributed by atoms with Gasteiger partial charge in [-0.3, -0.25) is 22.9 Å². The molecule has 20 nitrogen and oxygen atoms in total. The van der Waals surface area contributed by atoms with E-state index in [-0.39, 0.29) is 28.3 Å². The molecule has 0 spiro atoms. The number of unbranched alkanes of at least 4 members (excludes halogenated alkanes) is 12. The van der Waals surface area contributed by atoms with Crippen LogP contribution in [0.3, 0.4) is 0 Å². The highest BCUT2D eigenvalue weighted by molar-refractivity contribution is 7.47. The SMILES string of the molecule is C#CC#CC#CC#CC#CC#CC(=O)OC[C@H](COP(=O)(O)OC1C(O)[C@@H](OP(=O)(O)O)C(OP(=O)(O)O)[C@@H](O)[C@H]1O)OC(=O)CCCCCCCCCCCCCCC.N.[HH].[HH].[HH].[HH].[HH].[HH].[HH].[HH].[HH].[HH].[HH]. The van der Waals surface area contributed by atoms with Gasteiger partial charge in [-0.05, 0) is 65.6 Å². The number of hydrogen-bond donors (Lipinski definition) is 9. The van der Waals surface area contributed by atoms with E-state index in [1.807, 2.05) is 5.92 Å². The van der Waals surface area contributed by atoms with Crippen LogP contribution < -0.4 is 6.15 Å². The lowest BCUT2D eigenvalue weighted by Crippen LogP contribution is -2.65. The van der Waals surface area contributed by atoms with Gasteiger partial charge in [0, 0.05) is 28.0 Å². The maximum absolute atomic E-state index is 13.0. The molecule has 0 aromatic heterocycles. The van der Waals surface area contributed by atoms with Crippen molar-refractivity contribution in [2.24, 2.45) is 0 Å². The van der Waals surface area contributed by atoms with Gasteiger partial charge in [0.2, 0.25) is 0 Å². The number of esters is 2. The van der Waals surface area contributed by atoms with Gasteiger partial charge in [0.1, 0.15) is 43.2 Å². The minimum absolute atomic E-state index is 0. The molecule has 362 valence electrons. The Morgan fingerprint density at radius 1 is 0.607 bits per heavy atom. The number of carbonyl (C=O) groups excluding carboxylic acids is 2. The molecule has 0 radical (unpaired) electrons. The van der Waals surface area contributed by atoms with Crippen LogP contribution in [0.25, 0.3) is 0 Å². The highest BCUT2D eigenvalue weighted by Crippen LogP contribution is 2.51. The van der Waals surface area contributed by atoms with Crippen molar-refractivity contribution >= 4 is 35.4 Å². The van der Waals surface area contributed by atoms with Gasteiger partial charge in [0.05, 0.1) is 6.61 Å². The van der Waals surface area contributed by atoms with Crippen molar-refractivity contribution in [1.82, 2.24) is 6.15 Å². The second-order valence-corrected chi connectivity index (χ2v) is 16.8. The summed E-state index contributed by atoms with van der Waals surface area (Å²) in [6, 6.07) is 0. The van der Waals surface area contributed by atoms with Gasteiger partial charge in [0.25, 0.3) is 0 Å². The molecule has 23 heteroatoms. The number of aliphatic hydroxyl groups excluding tert-OH is 3. The summed E-state index contributed by atoms with van der Waals surface area (Å²) in [6.45, 7) is 0.365. The molecule has 1 rings (SSSR count). The Morgan fingerprint density at radius 3 is 1.51 bits per heavy atom. The maximum Gasteiger partial charge on any atom is 0.472 e. The molecule has 0 aliphatic heterocycles. The van der Waals surface area contributed by atoms with Crippen LogP contribution in [0.15, 0.2) is 0 Å². The topological polar surface area (TPSA) is 338 Å². The molecule has 11 N–H and O–H groups in total. The number of rotatable bonds is 26. The van der Waals surface area contributed by atoms with E-state index in [0.717, 1.165) is 25.7 Å². The van der Waals surface area contributed by atoms with Crippen LogP contribution in [0, 0.1) is 71.5 Å². The predicted octanol–water partition coefficient (Wildman–Crippen LogP) is 5.00. The number of ether oxygens (including phenoxy) is 2. The fourth-order valence-electron chi connectivity index (χ4n) is 5.40. The molecule has 1 aliphatic carbocycles. The molecule has 1 saturated carbocycles. The first-order valence-electron chi connectivity index (χ1n) is 18.8. The van der Waals surface area contributed by atoms with Crippen molar-refractivity contribution in [2.75, 3.05) is 13.2 Å². The lowest BCUT2D eigenvalue weighted by atomic mass is 9.85. The second-order valence-electron chi connectivity index (χ2n) is 13.0. The zero-order valence-electron chi connectivity index (χ0n) is 33.5. The molecule has 0 bridgehead atoms. The minimum Gasteiger partial charge on any atom is -0.456 e. The molecule has 8 atom stereocenters. The molecular weight excluding hydrogens is 867 g/mol. The molecule has 0 aromatic carbocycles. The standard InChI is InChI=1S/C38H51O19P3.H3N.11H2/c1-3-5-7-9-11-13-15-16-17-19-21-23-25-27-32(40)54-30(28-52-31(39)26-24-22-20-18-14-12-10-8-6-4-2)29-53-60(50,51)57-36-33(41)34(42)37(55-58(44,45)46)38(35(36)43)56-59(47,48)49;;;;;;;;;;;;/h2,30,33-38,41-43H,3,5,7,9,11,13,15-17,19,21,23,25,27-29H2,1H3,(H,50,51)(H2,44,45,46)(H2,47,48,49);1H3;11*1H/t30-,33-,34+,35?,36?,37?,38-;;;;;;;;;;;;/m1............/s1. The van der Waals surface area contributed by atoms with Crippen LogP contribution in [0.1, 0.15) is 113 Å². The van der Waals surface area contributed by atoms with Crippen molar-refractivity contribution in [2.45, 2.75) is 140 Å². The number of phosphoric acid groups is 3. The Bertz CT molecular complexity index is 1930. The molecule has 61 heavy (non-hydrogen) atoms. The number of aliphatic hydroxyl groups is 3. The first kappa shape index (κ1) is 57.5. The van der Waals surface area contributed by atoms with E-state index in [1.165, 1.54) is 44.9 Å². The number of phosphoric ester groups is 3. The molecule has 0 saturated heterocycles. The van der Waals surface area contributed by atoms with E-state index in [2.05, 4.69) is 75.2 Å². The first-order valence-corrected chi connectivity index (χ1v) is 23.4. The zero-order valence-corrected chi connectivity index (χ0v) is 36.2. The van der Waals surface area contributed by atoms with Crippen LogP contribution in [0.2, 0.25) is 0 Å². The van der Waals surface area contributed by atoms with Gasteiger partial charge in [-0.2, -0.15) is 0 Å². The van der Waals surface area contributed by atoms with E-state index < -0.39 is 91.3 Å². The molecule has 1 fully saturated rings. The Balaban J connectivity index is -0.000000300. The van der Waals surface area contributed by atoms with Gasteiger partial charge < -0.3 is 55.4 Å². The van der Waals surface area contributed by atoms with Crippen LogP contribution >= 0.6 is 23.5 Å². The number of hydrogen-bond acceptors (Lipinski definition) is 15. The molecule has 1 aliphatic rings. The van der Waals surface area contributed by atoms with Gasteiger partial charge in [-0.15, -0.1) is 6.42 Å².